The van der Waals surface area contributed by atoms with E-state index in [0.29, 0.717) is 5.92 Å². The van der Waals surface area contributed by atoms with Crippen LogP contribution in [0.4, 0.5) is 5.69 Å². The van der Waals surface area contributed by atoms with E-state index in [2.05, 4.69) is 50.4 Å². The number of nitrogens with one attached hydrogen (secondary N) is 1. The van der Waals surface area contributed by atoms with Gasteiger partial charge >= 0.3 is 0 Å². The lowest BCUT2D eigenvalue weighted by Gasteiger charge is -2.18. The van der Waals surface area contributed by atoms with E-state index in [1.54, 1.807) is 0 Å². The van der Waals surface area contributed by atoms with E-state index in [-0.39, 0.29) is 5.41 Å². The van der Waals surface area contributed by atoms with Gasteiger partial charge in [-0.2, -0.15) is 0 Å². The molecule has 2 heteroatoms. The van der Waals surface area contributed by atoms with Gasteiger partial charge in [0.2, 0.25) is 0 Å². The second-order valence-corrected chi connectivity index (χ2v) is 5.55. The number of hydrogen-bond donors (Lipinski definition) is 1. The molecule has 1 aromatic carbocycles. The molecule has 1 N–H and O–H groups in total. The van der Waals surface area contributed by atoms with E-state index in [1.165, 1.54) is 11.3 Å². The minimum atomic E-state index is 0.256. The Morgan fingerprint density at radius 2 is 1.71 bits per heavy atom. The Hall–Kier alpha value is -1.31. The third-order valence-electron chi connectivity index (χ3n) is 2.85. The molecule has 0 atom stereocenters. The van der Waals surface area contributed by atoms with Crippen molar-refractivity contribution in [1.82, 2.24) is 0 Å². The highest BCUT2D eigenvalue weighted by Gasteiger charge is 2.18. The van der Waals surface area contributed by atoms with Gasteiger partial charge in [-0.3, -0.25) is 0 Å². The van der Waals surface area contributed by atoms with Crippen LogP contribution in [0.1, 0.15) is 39.2 Å². The van der Waals surface area contributed by atoms with Gasteiger partial charge in [0.1, 0.15) is 6.29 Å². The van der Waals surface area contributed by atoms with Crippen LogP contribution in [0.15, 0.2) is 24.3 Å². The van der Waals surface area contributed by atoms with Crippen molar-refractivity contribution >= 4 is 12.0 Å². The smallest absolute Gasteiger partial charge is 0.123 e. The average molecular weight is 233 g/mol. The number of benzene rings is 1. The topological polar surface area (TPSA) is 29.1 Å². The number of rotatable bonds is 2. The second kappa shape index (κ2) is 5.85. The summed E-state index contributed by atoms with van der Waals surface area (Å²) >= 11 is 0. The van der Waals surface area contributed by atoms with Crippen LogP contribution in [-0.2, 0) is 10.2 Å². The van der Waals surface area contributed by atoms with Crippen LogP contribution in [0, 0.1) is 5.92 Å². The van der Waals surface area contributed by atoms with Crippen LogP contribution in [0.2, 0.25) is 0 Å². The van der Waals surface area contributed by atoms with Gasteiger partial charge in [-0.15, -0.1) is 0 Å². The molecule has 0 radical (unpaired) electrons. The SMILES string of the molecule is CNc1ccc(C(C)(C)C)cc1.O=CC1CC1. The number of hydrogen-bond acceptors (Lipinski definition) is 2. The summed E-state index contributed by atoms with van der Waals surface area (Å²) < 4.78 is 0. The van der Waals surface area contributed by atoms with Gasteiger partial charge in [0, 0.05) is 18.7 Å². The van der Waals surface area contributed by atoms with Crippen LogP contribution < -0.4 is 5.32 Å². The molecule has 0 spiro atoms. The van der Waals surface area contributed by atoms with E-state index in [0.717, 1.165) is 19.1 Å². The van der Waals surface area contributed by atoms with Crippen LogP contribution in [0.5, 0.6) is 0 Å². The molecule has 0 unspecified atom stereocenters. The standard InChI is InChI=1S/C11H17N.C4H6O/c1-11(2,3)9-5-7-10(12-4)8-6-9;5-3-4-1-2-4/h5-8,12H,1-4H3;3-4H,1-2H2. The van der Waals surface area contributed by atoms with Gasteiger partial charge in [-0.25, -0.2) is 0 Å². The van der Waals surface area contributed by atoms with Gasteiger partial charge < -0.3 is 10.1 Å². The molecule has 0 amide bonds. The first-order valence-electron chi connectivity index (χ1n) is 6.21. The zero-order valence-electron chi connectivity index (χ0n) is 11.3. The lowest BCUT2D eigenvalue weighted by Crippen LogP contribution is -2.10. The summed E-state index contributed by atoms with van der Waals surface area (Å²) in [6, 6.07) is 8.57. The fourth-order valence-electron chi connectivity index (χ4n) is 1.37. The summed E-state index contributed by atoms with van der Waals surface area (Å²) in [5.41, 5.74) is 2.80. The molecule has 0 aromatic heterocycles. The molecule has 0 aliphatic heterocycles. The Labute approximate surface area is 104 Å². The molecule has 1 aromatic rings. The van der Waals surface area contributed by atoms with Crippen LogP contribution >= 0.6 is 0 Å². The van der Waals surface area contributed by atoms with Crippen LogP contribution in [0.25, 0.3) is 0 Å². The molecule has 0 bridgehead atoms. The van der Waals surface area contributed by atoms with Crippen molar-refractivity contribution in [1.29, 1.82) is 0 Å². The molecule has 0 saturated heterocycles. The maximum atomic E-state index is 9.57. The van der Waals surface area contributed by atoms with E-state index < -0.39 is 0 Å². The first-order chi connectivity index (χ1) is 7.97. The molecule has 2 nitrogen and oxygen atoms in total. The highest BCUT2D eigenvalue weighted by Crippen LogP contribution is 2.25. The summed E-state index contributed by atoms with van der Waals surface area (Å²) in [4.78, 5) is 9.57. The largest absolute Gasteiger partial charge is 0.388 e. The van der Waals surface area contributed by atoms with Crippen molar-refractivity contribution in [3.63, 3.8) is 0 Å². The highest BCUT2D eigenvalue weighted by atomic mass is 16.1. The van der Waals surface area contributed by atoms with Crippen LogP contribution in [-0.4, -0.2) is 13.3 Å². The van der Waals surface area contributed by atoms with Gasteiger partial charge in [-0.1, -0.05) is 32.9 Å². The van der Waals surface area contributed by atoms with E-state index in [1.807, 2.05) is 7.05 Å². The molecule has 1 fully saturated rings. The Balaban J connectivity index is 0.000000239. The summed E-state index contributed by atoms with van der Waals surface area (Å²) in [5, 5.41) is 3.11. The lowest BCUT2D eigenvalue weighted by atomic mass is 9.87. The Kier molecular flexibility index (Phi) is 4.73. The predicted molar refractivity (Wildman–Crippen MR) is 73.5 cm³/mol. The second-order valence-electron chi connectivity index (χ2n) is 5.55. The summed E-state index contributed by atoms with van der Waals surface area (Å²) in [6.07, 6.45) is 3.31. The minimum Gasteiger partial charge on any atom is -0.388 e. The lowest BCUT2D eigenvalue weighted by molar-refractivity contribution is -0.108. The Morgan fingerprint density at radius 1 is 1.18 bits per heavy atom. The van der Waals surface area contributed by atoms with Crippen molar-refractivity contribution in [2.24, 2.45) is 5.92 Å². The first-order valence-corrected chi connectivity index (χ1v) is 6.21. The molecular formula is C15H23NO. The number of carbonyl (C=O) groups excluding carboxylic acids is 1. The molecule has 0 heterocycles. The molecule has 1 saturated carbocycles. The zero-order valence-corrected chi connectivity index (χ0v) is 11.3. The fourth-order valence-corrected chi connectivity index (χ4v) is 1.37. The summed E-state index contributed by atoms with van der Waals surface area (Å²) in [7, 11) is 1.94. The fraction of sp³-hybridized carbons (Fsp3) is 0.533. The number of aldehydes is 1. The monoisotopic (exact) mass is 233 g/mol. The van der Waals surface area contributed by atoms with Gasteiger partial charge in [0.15, 0.2) is 0 Å². The maximum absolute atomic E-state index is 9.57. The zero-order chi connectivity index (χ0) is 12.9. The van der Waals surface area contributed by atoms with Gasteiger partial charge in [0.05, 0.1) is 0 Å². The molecule has 94 valence electrons. The highest BCUT2D eigenvalue weighted by molar-refractivity contribution is 5.56. The third kappa shape index (κ3) is 5.03. The quantitative estimate of drug-likeness (QED) is 0.790. The normalized spacial score (nSPS) is 14.6. The molecule has 1 aliphatic carbocycles. The van der Waals surface area contributed by atoms with E-state index in [9.17, 15) is 4.79 Å². The summed E-state index contributed by atoms with van der Waals surface area (Å²) in [6.45, 7) is 6.67. The van der Waals surface area contributed by atoms with E-state index >= 15 is 0 Å². The van der Waals surface area contributed by atoms with E-state index in [4.69, 9.17) is 0 Å². The van der Waals surface area contributed by atoms with Crippen LogP contribution in [0.3, 0.4) is 0 Å². The molecular weight excluding hydrogens is 210 g/mol. The van der Waals surface area contributed by atoms with Gasteiger partial charge in [0.25, 0.3) is 0 Å². The molecule has 1 aliphatic rings. The van der Waals surface area contributed by atoms with Crippen molar-refractivity contribution in [2.45, 2.75) is 39.0 Å². The van der Waals surface area contributed by atoms with Crippen molar-refractivity contribution in [2.75, 3.05) is 12.4 Å². The Bertz CT molecular complexity index is 344. The average Bonchev–Trinajstić information content (AvgIpc) is 3.12. The number of carbonyl (C=O) groups is 1. The maximum Gasteiger partial charge on any atom is 0.123 e. The van der Waals surface area contributed by atoms with Crippen molar-refractivity contribution < 1.29 is 4.79 Å². The van der Waals surface area contributed by atoms with Gasteiger partial charge in [-0.05, 0) is 36.0 Å². The molecule has 17 heavy (non-hydrogen) atoms. The first kappa shape index (κ1) is 13.8. The third-order valence-corrected chi connectivity index (χ3v) is 2.85. The summed E-state index contributed by atoms with van der Waals surface area (Å²) in [5.74, 6) is 0.454. The predicted octanol–water partition coefficient (Wildman–Crippen LogP) is 3.62. The number of anilines is 1. The van der Waals surface area contributed by atoms with Crippen molar-refractivity contribution in [3.8, 4) is 0 Å². The minimum absolute atomic E-state index is 0.256. The Morgan fingerprint density at radius 3 is 1.94 bits per heavy atom. The van der Waals surface area contributed by atoms with Crippen molar-refractivity contribution in [3.05, 3.63) is 29.8 Å². The molecule has 2 rings (SSSR count).